The fourth-order valence-corrected chi connectivity index (χ4v) is 2.24. The normalized spacial score (nSPS) is 24.3. The molecule has 2 atom stereocenters. The first kappa shape index (κ1) is 15.3. The highest BCUT2D eigenvalue weighted by atomic mass is 19.3. The minimum Gasteiger partial charge on any atom is -0.391 e. The number of rotatable bonds is 6. The second-order valence-corrected chi connectivity index (χ2v) is 4.64. The molecule has 4 nitrogen and oxygen atoms in total. The molecule has 0 spiro atoms. The Labute approximate surface area is 106 Å². The zero-order valence-corrected chi connectivity index (χ0v) is 10.6. The van der Waals surface area contributed by atoms with Crippen molar-refractivity contribution >= 4 is 5.91 Å². The van der Waals surface area contributed by atoms with E-state index >= 15 is 0 Å². The summed E-state index contributed by atoms with van der Waals surface area (Å²) in [6, 6.07) is -0.152. The maximum atomic E-state index is 11.8. The third-order valence-electron chi connectivity index (χ3n) is 3.29. The Morgan fingerprint density at radius 1 is 1.44 bits per heavy atom. The van der Waals surface area contributed by atoms with Gasteiger partial charge in [-0.15, -0.1) is 0 Å². The molecule has 0 aromatic carbocycles. The van der Waals surface area contributed by atoms with E-state index in [1.54, 1.807) is 7.05 Å². The first-order chi connectivity index (χ1) is 8.52. The molecule has 0 aromatic heterocycles. The van der Waals surface area contributed by atoms with Crippen molar-refractivity contribution in [3.8, 4) is 0 Å². The fraction of sp³-hybridized carbons (Fsp3) is 0.917. The van der Waals surface area contributed by atoms with Gasteiger partial charge in [-0.3, -0.25) is 4.79 Å². The van der Waals surface area contributed by atoms with Crippen molar-refractivity contribution in [2.75, 3.05) is 20.3 Å². The number of carbonyl (C=O) groups excluding carboxylic acids is 1. The first-order valence-corrected chi connectivity index (χ1v) is 6.32. The zero-order chi connectivity index (χ0) is 13.5. The molecule has 1 amide bonds. The highest BCUT2D eigenvalue weighted by Gasteiger charge is 2.28. The summed E-state index contributed by atoms with van der Waals surface area (Å²) in [6.45, 7) is -0.640. The van der Waals surface area contributed by atoms with E-state index in [0.29, 0.717) is 6.42 Å². The summed E-state index contributed by atoms with van der Waals surface area (Å²) in [6.07, 6.45) is 0.587. The third-order valence-corrected chi connectivity index (χ3v) is 3.29. The van der Waals surface area contributed by atoms with E-state index in [2.05, 4.69) is 4.74 Å². The van der Waals surface area contributed by atoms with Crippen LogP contribution in [-0.2, 0) is 9.53 Å². The predicted molar refractivity (Wildman–Crippen MR) is 62.5 cm³/mol. The van der Waals surface area contributed by atoms with Crippen molar-refractivity contribution in [1.82, 2.24) is 4.90 Å². The summed E-state index contributed by atoms with van der Waals surface area (Å²) in [7, 11) is 1.65. The molecule has 1 fully saturated rings. The van der Waals surface area contributed by atoms with E-state index in [1.807, 2.05) is 0 Å². The van der Waals surface area contributed by atoms with Gasteiger partial charge in [0.15, 0.2) is 0 Å². The molecule has 18 heavy (non-hydrogen) atoms. The van der Waals surface area contributed by atoms with Gasteiger partial charge in [0.05, 0.1) is 25.2 Å². The number of carbonyl (C=O) groups is 1. The van der Waals surface area contributed by atoms with Crippen LogP contribution in [-0.4, -0.2) is 54.7 Å². The number of aliphatic hydroxyl groups excluding tert-OH is 1. The Morgan fingerprint density at radius 2 is 2.11 bits per heavy atom. The summed E-state index contributed by atoms with van der Waals surface area (Å²) in [4.78, 5) is 13.3. The Kier molecular flexibility index (Phi) is 6.49. The van der Waals surface area contributed by atoms with Crippen molar-refractivity contribution in [2.45, 2.75) is 50.7 Å². The Hall–Kier alpha value is -0.750. The number of ether oxygens (including phenoxy) is 1. The van der Waals surface area contributed by atoms with Gasteiger partial charge in [0.1, 0.15) is 6.61 Å². The SMILES string of the molecule is CN(C(=O)CCOCC(F)F)C1CCCCC1O. The van der Waals surface area contributed by atoms with Crippen LogP contribution in [0, 0.1) is 0 Å². The number of hydrogen-bond donors (Lipinski definition) is 1. The van der Waals surface area contributed by atoms with Crippen molar-refractivity contribution in [2.24, 2.45) is 0 Å². The van der Waals surface area contributed by atoms with Crippen LogP contribution < -0.4 is 0 Å². The summed E-state index contributed by atoms with van der Waals surface area (Å²) < 4.78 is 28.3. The average Bonchev–Trinajstić information content (AvgIpc) is 2.34. The summed E-state index contributed by atoms with van der Waals surface area (Å²) in [5.74, 6) is -0.171. The maximum absolute atomic E-state index is 11.8. The molecule has 1 rings (SSSR count). The van der Waals surface area contributed by atoms with Gasteiger partial charge < -0.3 is 14.7 Å². The molecule has 0 aliphatic heterocycles. The topological polar surface area (TPSA) is 49.8 Å². The van der Waals surface area contributed by atoms with Crippen molar-refractivity contribution < 1.29 is 23.4 Å². The molecule has 1 aliphatic rings. The van der Waals surface area contributed by atoms with Gasteiger partial charge in [-0.25, -0.2) is 8.78 Å². The van der Waals surface area contributed by atoms with E-state index in [0.717, 1.165) is 19.3 Å². The number of amides is 1. The zero-order valence-electron chi connectivity index (χ0n) is 10.6. The van der Waals surface area contributed by atoms with Gasteiger partial charge in [0.25, 0.3) is 6.43 Å². The largest absolute Gasteiger partial charge is 0.391 e. The molecule has 0 saturated heterocycles. The van der Waals surface area contributed by atoms with E-state index < -0.39 is 19.1 Å². The number of alkyl halides is 2. The Bertz CT molecular complexity index is 264. The standard InChI is InChI=1S/C12H21F2NO3/c1-15(9-4-2-3-5-10(9)16)12(17)6-7-18-8-11(13)14/h9-11,16H,2-8H2,1H3. The molecule has 2 unspecified atom stereocenters. The number of nitrogens with zero attached hydrogens (tertiary/aromatic N) is 1. The second-order valence-electron chi connectivity index (χ2n) is 4.64. The molecule has 0 radical (unpaired) electrons. The third kappa shape index (κ3) is 4.86. The molecule has 106 valence electrons. The summed E-state index contributed by atoms with van der Waals surface area (Å²) in [5.41, 5.74) is 0. The van der Waals surface area contributed by atoms with Gasteiger partial charge in [-0.1, -0.05) is 12.8 Å². The van der Waals surface area contributed by atoms with Crippen LogP contribution in [0.25, 0.3) is 0 Å². The van der Waals surface area contributed by atoms with Gasteiger partial charge >= 0.3 is 0 Å². The number of likely N-dealkylation sites (N-methyl/N-ethyl adjacent to an activating group) is 1. The quantitative estimate of drug-likeness (QED) is 0.739. The van der Waals surface area contributed by atoms with E-state index in [9.17, 15) is 18.7 Å². The van der Waals surface area contributed by atoms with Crippen LogP contribution in [0.5, 0.6) is 0 Å². The van der Waals surface area contributed by atoms with Crippen molar-refractivity contribution in [3.05, 3.63) is 0 Å². The molecule has 0 bridgehead atoms. The molecular weight excluding hydrogens is 244 g/mol. The van der Waals surface area contributed by atoms with Gasteiger partial charge in [0.2, 0.25) is 5.91 Å². The smallest absolute Gasteiger partial charge is 0.261 e. The van der Waals surface area contributed by atoms with E-state index in [-0.39, 0.29) is 25.0 Å². The lowest BCUT2D eigenvalue weighted by atomic mass is 9.91. The van der Waals surface area contributed by atoms with Gasteiger partial charge in [-0.05, 0) is 12.8 Å². The Balaban J connectivity index is 2.27. The van der Waals surface area contributed by atoms with E-state index in [1.165, 1.54) is 4.90 Å². The van der Waals surface area contributed by atoms with E-state index in [4.69, 9.17) is 0 Å². The molecule has 0 aromatic rings. The lowest BCUT2D eigenvalue weighted by Crippen LogP contribution is -2.46. The van der Waals surface area contributed by atoms with Crippen LogP contribution in [0.4, 0.5) is 8.78 Å². The first-order valence-electron chi connectivity index (χ1n) is 6.32. The molecule has 1 aliphatic carbocycles. The van der Waals surface area contributed by atoms with Crippen molar-refractivity contribution in [3.63, 3.8) is 0 Å². The van der Waals surface area contributed by atoms with Gasteiger partial charge in [-0.2, -0.15) is 0 Å². The monoisotopic (exact) mass is 265 g/mol. The fourth-order valence-electron chi connectivity index (χ4n) is 2.24. The van der Waals surface area contributed by atoms with Crippen LogP contribution >= 0.6 is 0 Å². The minimum absolute atomic E-state index is 0.00364. The molecule has 1 saturated carbocycles. The number of hydrogen-bond acceptors (Lipinski definition) is 3. The molecule has 0 heterocycles. The highest BCUT2D eigenvalue weighted by Crippen LogP contribution is 2.22. The minimum atomic E-state index is -2.50. The molecule has 1 N–H and O–H groups in total. The highest BCUT2D eigenvalue weighted by molar-refractivity contribution is 5.76. The average molecular weight is 265 g/mol. The molecular formula is C12H21F2NO3. The summed E-state index contributed by atoms with van der Waals surface area (Å²) in [5, 5.41) is 9.81. The Morgan fingerprint density at radius 3 is 2.72 bits per heavy atom. The van der Waals surface area contributed by atoms with Crippen LogP contribution in [0.2, 0.25) is 0 Å². The predicted octanol–water partition coefficient (Wildman–Crippen LogP) is 1.42. The van der Waals surface area contributed by atoms with Crippen LogP contribution in [0.1, 0.15) is 32.1 Å². The van der Waals surface area contributed by atoms with Gasteiger partial charge in [0, 0.05) is 7.05 Å². The van der Waals surface area contributed by atoms with Crippen molar-refractivity contribution in [1.29, 1.82) is 0 Å². The van der Waals surface area contributed by atoms with Crippen LogP contribution in [0.15, 0.2) is 0 Å². The molecule has 6 heteroatoms. The van der Waals surface area contributed by atoms with Crippen LogP contribution in [0.3, 0.4) is 0 Å². The summed E-state index contributed by atoms with van der Waals surface area (Å²) >= 11 is 0. The number of halogens is 2. The second kappa shape index (κ2) is 7.63. The lowest BCUT2D eigenvalue weighted by molar-refractivity contribution is -0.136. The maximum Gasteiger partial charge on any atom is 0.261 e. The number of aliphatic hydroxyl groups is 1. The lowest BCUT2D eigenvalue weighted by Gasteiger charge is -2.35.